The smallest absolute Gasteiger partial charge is 0.303 e. The number of methoxy groups -OCH3 is 1. The van der Waals surface area contributed by atoms with E-state index in [-0.39, 0.29) is 18.3 Å². The van der Waals surface area contributed by atoms with Crippen LogP contribution in [0.4, 0.5) is 13.2 Å². The Kier molecular flexibility index (Phi) is 9.03. The molecule has 0 spiro atoms. The van der Waals surface area contributed by atoms with Gasteiger partial charge in [0.1, 0.15) is 11.9 Å². The Morgan fingerprint density at radius 3 is 2.84 bits per heavy atom. The highest BCUT2D eigenvalue weighted by atomic mass is 19.2. The van der Waals surface area contributed by atoms with Crippen LogP contribution in [-0.4, -0.2) is 47.7 Å². The second-order valence-electron chi connectivity index (χ2n) is 9.85. The number of ether oxygens (including phenoxy) is 1. The second-order valence-corrected chi connectivity index (χ2v) is 9.85. The molecule has 1 saturated heterocycles. The maximum atomic E-state index is 15.5. The van der Waals surface area contributed by atoms with Crippen molar-refractivity contribution in [1.82, 2.24) is 9.88 Å². The number of aliphatic carboxylic acids is 1. The van der Waals surface area contributed by atoms with Gasteiger partial charge in [-0.05, 0) is 98.5 Å². The maximum Gasteiger partial charge on any atom is 0.303 e. The number of pyridine rings is 1. The summed E-state index contributed by atoms with van der Waals surface area (Å²) in [5.41, 5.74) is 1.63. The number of aryl methyl sites for hydroxylation is 1. The molecule has 3 atom stereocenters. The van der Waals surface area contributed by atoms with Gasteiger partial charge in [-0.25, -0.2) is 13.2 Å². The van der Waals surface area contributed by atoms with Crippen molar-refractivity contribution in [3.05, 3.63) is 71.4 Å². The van der Waals surface area contributed by atoms with Crippen LogP contribution in [0.5, 0.6) is 5.75 Å². The van der Waals surface area contributed by atoms with E-state index in [9.17, 15) is 18.7 Å². The van der Waals surface area contributed by atoms with E-state index in [0.29, 0.717) is 61.2 Å². The summed E-state index contributed by atoms with van der Waals surface area (Å²) in [6.45, 7) is 2.06. The van der Waals surface area contributed by atoms with Crippen LogP contribution in [0, 0.1) is 23.5 Å². The summed E-state index contributed by atoms with van der Waals surface area (Å²) in [5.74, 6) is -1.84. The Morgan fingerprint density at radius 2 is 2.05 bits per heavy atom. The Bertz CT molecular complexity index is 1220. The van der Waals surface area contributed by atoms with Gasteiger partial charge in [-0.2, -0.15) is 0 Å². The molecule has 37 heavy (non-hydrogen) atoms. The minimum Gasteiger partial charge on any atom is -0.497 e. The summed E-state index contributed by atoms with van der Waals surface area (Å²) >= 11 is 0. The predicted octanol–water partition coefficient (Wildman–Crippen LogP) is 6.36. The number of rotatable bonds is 11. The molecule has 1 aromatic heterocycles. The van der Waals surface area contributed by atoms with Gasteiger partial charge in [0.15, 0.2) is 11.6 Å². The highest BCUT2D eigenvalue weighted by Crippen LogP contribution is 2.36. The van der Waals surface area contributed by atoms with E-state index in [1.165, 1.54) is 6.07 Å². The topological polar surface area (TPSA) is 62.7 Å². The zero-order chi connectivity index (χ0) is 26.4. The van der Waals surface area contributed by atoms with Crippen LogP contribution in [-0.2, 0) is 11.2 Å². The standard InChI is InChI=1S/C29H33F3N2O3/c1-37-22-8-10-27-24(17-22)23(11-13-33-27)25(30)9-7-19-12-15-34(18-21(19)16-28(35)36)14-3-5-20-4-2-6-26(31)29(20)32/h2,4,6,8,10-11,13,17,19,21,25H,3,5,7,9,12,14-16,18H2,1H3,(H,35,36)/t19-,21+,25?/m1/s1. The Hall–Kier alpha value is -3.13. The second kappa shape index (κ2) is 12.4. The van der Waals surface area contributed by atoms with Gasteiger partial charge in [0, 0.05) is 24.5 Å². The first-order valence-corrected chi connectivity index (χ1v) is 12.8. The summed E-state index contributed by atoms with van der Waals surface area (Å²) in [7, 11) is 1.57. The zero-order valence-corrected chi connectivity index (χ0v) is 21.0. The van der Waals surface area contributed by atoms with Crippen molar-refractivity contribution >= 4 is 16.9 Å². The molecule has 1 aliphatic rings. The lowest BCUT2D eigenvalue weighted by Gasteiger charge is -2.38. The number of alkyl halides is 1. The number of piperidine rings is 1. The quantitative estimate of drug-likeness (QED) is 0.323. The van der Waals surface area contributed by atoms with Crippen LogP contribution >= 0.6 is 0 Å². The van der Waals surface area contributed by atoms with Crippen LogP contribution in [0.15, 0.2) is 48.7 Å². The van der Waals surface area contributed by atoms with Crippen molar-refractivity contribution in [1.29, 1.82) is 0 Å². The minimum absolute atomic E-state index is 0.0338. The van der Waals surface area contributed by atoms with E-state index in [1.807, 2.05) is 6.07 Å². The van der Waals surface area contributed by atoms with Gasteiger partial charge in [-0.3, -0.25) is 9.78 Å². The molecule has 0 aliphatic carbocycles. The number of aromatic nitrogens is 1. The van der Waals surface area contributed by atoms with Crippen LogP contribution in [0.2, 0.25) is 0 Å². The van der Waals surface area contributed by atoms with Crippen molar-refractivity contribution < 1.29 is 27.8 Å². The molecule has 2 heterocycles. The van der Waals surface area contributed by atoms with Gasteiger partial charge in [0.05, 0.1) is 12.6 Å². The van der Waals surface area contributed by atoms with Crippen LogP contribution < -0.4 is 4.74 Å². The Morgan fingerprint density at radius 1 is 1.22 bits per heavy atom. The first kappa shape index (κ1) is 26.9. The lowest BCUT2D eigenvalue weighted by atomic mass is 9.79. The molecule has 1 N–H and O–H groups in total. The molecule has 198 valence electrons. The van der Waals surface area contributed by atoms with Crippen molar-refractivity contribution in [2.75, 3.05) is 26.7 Å². The fourth-order valence-corrected chi connectivity index (χ4v) is 5.49. The molecule has 1 fully saturated rings. The average molecular weight is 515 g/mol. The third-order valence-corrected chi connectivity index (χ3v) is 7.48. The lowest BCUT2D eigenvalue weighted by molar-refractivity contribution is -0.139. The van der Waals surface area contributed by atoms with Gasteiger partial charge in [0.2, 0.25) is 0 Å². The highest BCUT2D eigenvalue weighted by Gasteiger charge is 2.31. The number of fused-ring (bicyclic) bond motifs is 1. The molecule has 1 aliphatic heterocycles. The number of likely N-dealkylation sites (tertiary alicyclic amines) is 1. The number of nitrogens with zero attached hydrogens (tertiary/aromatic N) is 2. The molecule has 0 saturated carbocycles. The number of benzene rings is 2. The van der Waals surface area contributed by atoms with Gasteiger partial charge in [-0.1, -0.05) is 12.1 Å². The number of carbonyl (C=O) groups is 1. The molecule has 8 heteroatoms. The fraction of sp³-hybridized carbons (Fsp3) is 0.448. The van der Waals surface area contributed by atoms with Crippen LogP contribution in [0.3, 0.4) is 0 Å². The summed E-state index contributed by atoms with van der Waals surface area (Å²) < 4.78 is 48.1. The van der Waals surface area contributed by atoms with Gasteiger partial charge < -0.3 is 14.7 Å². The molecule has 0 bridgehead atoms. The molecule has 5 nitrogen and oxygen atoms in total. The van der Waals surface area contributed by atoms with Gasteiger partial charge >= 0.3 is 5.97 Å². The number of halogens is 3. The first-order valence-electron chi connectivity index (χ1n) is 12.8. The fourth-order valence-electron chi connectivity index (χ4n) is 5.49. The van der Waals surface area contributed by atoms with E-state index >= 15 is 4.39 Å². The number of carboxylic acid groups (broad SMARTS) is 1. The third-order valence-electron chi connectivity index (χ3n) is 7.48. The van der Waals surface area contributed by atoms with Gasteiger partial charge in [0.25, 0.3) is 0 Å². The summed E-state index contributed by atoms with van der Waals surface area (Å²) in [5, 5.41) is 10.2. The summed E-state index contributed by atoms with van der Waals surface area (Å²) in [6.07, 6.45) is 3.19. The highest BCUT2D eigenvalue weighted by molar-refractivity contribution is 5.83. The average Bonchev–Trinajstić information content (AvgIpc) is 2.89. The molecular weight excluding hydrogens is 481 g/mol. The normalized spacial score (nSPS) is 19.1. The van der Waals surface area contributed by atoms with Crippen molar-refractivity contribution in [3.8, 4) is 5.75 Å². The molecule has 4 rings (SSSR count). The minimum atomic E-state index is -1.19. The first-order chi connectivity index (χ1) is 17.9. The van der Waals surface area contributed by atoms with E-state index in [0.717, 1.165) is 24.4 Å². The van der Waals surface area contributed by atoms with E-state index in [2.05, 4.69) is 9.88 Å². The van der Waals surface area contributed by atoms with E-state index in [1.54, 1.807) is 37.6 Å². The zero-order valence-electron chi connectivity index (χ0n) is 21.0. The largest absolute Gasteiger partial charge is 0.497 e. The lowest BCUT2D eigenvalue weighted by Crippen LogP contribution is -2.42. The molecule has 0 amide bonds. The van der Waals surface area contributed by atoms with Crippen molar-refractivity contribution in [2.24, 2.45) is 11.8 Å². The van der Waals surface area contributed by atoms with Crippen LogP contribution in [0.25, 0.3) is 10.9 Å². The molecule has 0 radical (unpaired) electrons. The van der Waals surface area contributed by atoms with E-state index in [4.69, 9.17) is 4.74 Å². The maximum absolute atomic E-state index is 15.5. The van der Waals surface area contributed by atoms with Crippen LogP contribution in [0.1, 0.15) is 49.4 Å². The summed E-state index contributed by atoms with van der Waals surface area (Å²) in [6, 6.07) is 11.3. The molecule has 2 aromatic carbocycles. The SMILES string of the molecule is COc1ccc2nccc(C(F)CC[C@@H]3CCN(CCCc4cccc(F)c4F)C[C@@H]3CC(=O)O)c2c1. The monoisotopic (exact) mass is 514 g/mol. The third kappa shape index (κ3) is 6.80. The summed E-state index contributed by atoms with van der Waals surface area (Å²) in [4.78, 5) is 18.1. The molecule has 1 unspecified atom stereocenters. The van der Waals surface area contributed by atoms with Crippen molar-refractivity contribution in [3.63, 3.8) is 0 Å². The number of carboxylic acids is 1. The Balaban J connectivity index is 1.35. The number of hydrogen-bond donors (Lipinski definition) is 1. The molecule has 3 aromatic rings. The number of hydrogen-bond acceptors (Lipinski definition) is 4. The van der Waals surface area contributed by atoms with Crippen molar-refractivity contribution in [2.45, 2.75) is 44.7 Å². The van der Waals surface area contributed by atoms with E-state index < -0.39 is 23.8 Å². The molecular formula is C29H33F3N2O3. The Labute approximate surface area is 215 Å². The van der Waals surface area contributed by atoms with Gasteiger partial charge in [-0.15, -0.1) is 0 Å². The predicted molar refractivity (Wildman–Crippen MR) is 136 cm³/mol.